The number of Topliss-reactive ketones (excluding diaryl/α,β-unsaturated/α-hetero) is 1. The Morgan fingerprint density at radius 1 is 1.14 bits per heavy atom. The van der Waals surface area contributed by atoms with Crippen LogP contribution in [0.15, 0.2) is 30.3 Å². The van der Waals surface area contributed by atoms with Gasteiger partial charge in [-0.2, -0.15) is 5.26 Å². The Balaban J connectivity index is 1.99. The van der Waals surface area contributed by atoms with E-state index in [4.69, 9.17) is 14.7 Å². The van der Waals surface area contributed by atoms with Gasteiger partial charge in [-0.25, -0.2) is 9.59 Å². The number of carbonyl (C=O) groups is 3. The normalized spacial score (nSPS) is 10.5. The molecule has 0 saturated heterocycles. The zero-order valence-electron chi connectivity index (χ0n) is 15.9. The van der Waals surface area contributed by atoms with Crippen LogP contribution < -0.4 is 0 Å². The van der Waals surface area contributed by atoms with E-state index in [9.17, 15) is 14.4 Å². The number of nitrogens with zero attached hydrogens (tertiary/aromatic N) is 1. The van der Waals surface area contributed by atoms with Crippen molar-refractivity contribution in [3.63, 3.8) is 0 Å². The third kappa shape index (κ3) is 4.95. The number of hydrogen-bond acceptors (Lipinski definition) is 6. The van der Waals surface area contributed by atoms with E-state index in [0.29, 0.717) is 22.4 Å². The zero-order chi connectivity index (χ0) is 20.7. The molecule has 7 nitrogen and oxygen atoms in total. The Hall–Kier alpha value is -3.66. The molecule has 0 unspecified atom stereocenters. The van der Waals surface area contributed by atoms with Crippen LogP contribution in [-0.4, -0.2) is 35.9 Å². The molecule has 0 spiro atoms. The third-order valence-electron chi connectivity index (χ3n) is 3.99. The average Bonchev–Trinajstić information content (AvgIpc) is 2.99. The smallest absolute Gasteiger partial charge is 0.340 e. The molecule has 1 aromatic heterocycles. The molecule has 0 radical (unpaired) electrons. The number of ketones is 1. The Morgan fingerprint density at radius 3 is 2.43 bits per heavy atom. The number of nitriles is 1. The van der Waals surface area contributed by atoms with E-state index in [1.165, 1.54) is 12.2 Å². The summed E-state index contributed by atoms with van der Waals surface area (Å²) in [6.07, 6.45) is 2.72. The van der Waals surface area contributed by atoms with Crippen molar-refractivity contribution in [3.8, 4) is 6.07 Å². The number of esters is 2. The number of rotatable bonds is 7. The minimum Gasteiger partial charge on any atom is -0.462 e. The van der Waals surface area contributed by atoms with Crippen LogP contribution in [0.2, 0.25) is 0 Å². The first kappa shape index (κ1) is 20.6. The van der Waals surface area contributed by atoms with E-state index in [1.54, 1.807) is 45.0 Å². The van der Waals surface area contributed by atoms with Gasteiger partial charge in [0.15, 0.2) is 6.61 Å². The van der Waals surface area contributed by atoms with Gasteiger partial charge in [0.2, 0.25) is 5.78 Å². The van der Waals surface area contributed by atoms with Crippen molar-refractivity contribution in [2.24, 2.45) is 0 Å². The molecule has 28 heavy (non-hydrogen) atoms. The molecule has 2 aromatic rings. The number of benzene rings is 1. The molecule has 0 aliphatic carbocycles. The lowest BCUT2D eigenvalue weighted by molar-refractivity contribution is -0.136. The number of nitrogens with one attached hydrogen (secondary N) is 1. The van der Waals surface area contributed by atoms with Gasteiger partial charge in [-0.15, -0.1) is 0 Å². The maximum Gasteiger partial charge on any atom is 0.340 e. The number of hydrogen-bond donors (Lipinski definition) is 1. The molecule has 7 heteroatoms. The van der Waals surface area contributed by atoms with Crippen LogP contribution in [-0.2, 0) is 14.3 Å². The molecule has 1 N–H and O–H groups in total. The third-order valence-corrected chi connectivity index (χ3v) is 3.99. The standard InChI is InChI=1S/C21H20N2O5/c1-4-27-21(26)19-13(2)20(23-14(19)3)17(24)12-28-18(25)10-9-15-5-7-16(11-22)8-6-15/h5-10,23H,4,12H2,1-3H3/b10-9+. The number of H-pyrrole nitrogens is 1. The number of carbonyl (C=O) groups excluding carboxylic acids is 3. The van der Waals surface area contributed by atoms with E-state index in [2.05, 4.69) is 4.98 Å². The fourth-order valence-electron chi connectivity index (χ4n) is 2.63. The predicted octanol–water partition coefficient (Wildman–Crippen LogP) is 3.12. The summed E-state index contributed by atoms with van der Waals surface area (Å²) in [7, 11) is 0. The molecule has 0 amide bonds. The van der Waals surface area contributed by atoms with Crippen molar-refractivity contribution >= 4 is 23.8 Å². The molecule has 0 bridgehead atoms. The second-order valence-corrected chi connectivity index (χ2v) is 5.94. The number of aryl methyl sites for hydroxylation is 1. The minimum atomic E-state index is -0.677. The number of ether oxygens (including phenoxy) is 2. The van der Waals surface area contributed by atoms with Gasteiger partial charge >= 0.3 is 11.9 Å². The van der Waals surface area contributed by atoms with Crippen LogP contribution in [0.1, 0.15) is 50.2 Å². The first-order valence-corrected chi connectivity index (χ1v) is 8.61. The summed E-state index contributed by atoms with van der Waals surface area (Å²) in [4.78, 5) is 39.0. The van der Waals surface area contributed by atoms with E-state index < -0.39 is 24.3 Å². The molecule has 0 fully saturated rings. The van der Waals surface area contributed by atoms with E-state index >= 15 is 0 Å². The zero-order valence-corrected chi connectivity index (χ0v) is 15.9. The molecule has 1 heterocycles. The molecular formula is C21H20N2O5. The summed E-state index contributed by atoms with van der Waals surface area (Å²) in [5.74, 6) is -1.63. The monoisotopic (exact) mass is 380 g/mol. The van der Waals surface area contributed by atoms with Crippen molar-refractivity contribution in [2.45, 2.75) is 20.8 Å². The van der Waals surface area contributed by atoms with Crippen molar-refractivity contribution < 1.29 is 23.9 Å². The maximum absolute atomic E-state index is 12.3. The van der Waals surface area contributed by atoms with Gasteiger partial charge in [-0.05, 0) is 50.1 Å². The fraction of sp³-hybridized carbons (Fsp3) is 0.238. The van der Waals surface area contributed by atoms with Gasteiger partial charge in [-0.3, -0.25) is 4.79 Å². The van der Waals surface area contributed by atoms with Gasteiger partial charge < -0.3 is 14.5 Å². The summed E-state index contributed by atoms with van der Waals surface area (Å²) >= 11 is 0. The first-order valence-electron chi connectivity index (χ1n) is 8.61. The van der Waals surface area contributed by atoms with Gasteiger partial charge in [0, 0.05) is 11.8 Å². The second-order valence-electron chi connectivity index (χ2n) is 5.94. The summed E-state index contributed by atoms with van der Waals surface area (Å²) < 4.78 is 9.96. The van der Waals surface area contributed by atoms with E-state index in [0.717, 1.165) is 5.56 Å². The summed E-state index contributed by atoms with van der Waals surface area (Å²) in [6.45, 7) is 4.78. The highest BCUT2D eigenvalue weighted by Crippen LogP contribution is 2.19. The van der Waals surface area contributed by atoms with Gasteiger partial charge in [-0.1, -0.05) is 12.1 Å². The lowest BCUT2D eigenvalue weighted by Gasteiger charge is -2.03. The van der Waals surface area contributed by atoms with Gasteiger partial charge in [0.1, 0.15) is 0 Å². The van der Waals surface area contributed by atoms with Gasteiger partial charge in [0.25, 0.3) is 0 Å². The van der Waals surface area contributed by atoms with E-state index in [-0.39, 0.29) is 12.3 Å². The predicted molar refractivity (Wildman–Crippen MR) is 102 cm³/mol. The highest BCUT2D eigenvalue weighted by molar-refractivity contribution is 6.03. The van der Waals surface area contributed by atoms with Crippen LogP contribution in [0.4, 0.5) is 0 Å². The highest BCUT2D eigenvalue weighted by Gasteiger charge is 2.23. The maximum atomic E-state index is 12.3. The number of aromatic amines is 1. The average molecular weight is 380 g/mol. The fourth-order valence-corrected chi connectivity index (χ4v) is 2.63. The molecule has 0 aliphatic rings. The lowest BCUT2D eigenvalue weighted by Crippen LogP contribution is -2.14. The quantitative estimate of drug-likeness (QED) is 0.449. The Labute approximate surface area is 162 Å². The van der Waals surface area contributed by atoms with E-state index in [1.807, 2.05) is 6.07 Å². The van der Waals surface area contributed by atoms with Crippen LogP contribution >= 0.6 is 0 Å². The van der Waals surface area contributed by atoms with Gasteiger partial charge in [0.05, 0.1) is 29.5 Å². The molecular weight excluding hydrogens is 360 g/mol. The topological polar surface area (TPSA) is 109 Å². The summed E-state index contributed by atoms with van der Waals surface area (Å²) in [5.41, 5.74) is 2.75. The number of aromatic nitrogens is 1. The lowest BCUT2D eigenvalue weighted by atomic mass is 10.1. The SMILES string of the molecule is CCOC(=O)c1c(C)[nH]c(C(=O)COC(=O)/C=C/c2ccc(C#N)cc2)c1C. The Bertz CT molecular complexity index is 962. The molecule has 0 aliphatic heterocycles. The van der Waals surface area contributed by atoms with Crippen molar-refractivity contribution in [2.75, 3.05) is 13.2 Å². The van der Waals surface area contributed by atoms with Crippen LogP contribution in [0, 0.1) is 25.2 Å². The summed E-state index contributed by atoms with van der Waals surface area (Å²) in [6, 6.07) is 8.65. The minimum absolute atomic E-state index is 0.212. The van der Waals surface area contributed by atoms with Crippen LogP contribution in [0.25, 0.3) is 6.08 Å². The molecule has 0 atom stereocenters. The molecule has 0 saturated carbocycles. The highest BCUT2D eigenvalue weighted by atomic mass is 16.5. The molecule has 1 aromatic carbocycles. The Morgan fingerprint density at radius 2 is 1.82 bits per heavy atom. The molecule has 144 valence electrons. The Kier molecular flexibility index (Phi) is 6.88. The van der Waals surface area contributed by atoms with Crippen molar-refractivity contribution in [1.82, 2.24) is 4.98 Å². The first-order chi connectivity index (χ1) is 13.4. The van der Waals surface area contributed by atoms with Crippen molar-refractivity contribution in [1.29, 1.82) is 5.26 Å². The van der Waals surface area contributed by atoms with Crippen LogP contribution in [0.5, 0.6) is 0 Å². The summed E-state index contributed by atoms with van der Waals surface area (Å²) in [5, 5.41) is 8.76. The van der Waals surface area contributed by atoms with Crippen LogP contribution in [0.3, 0.4) is 0 Å². The van der Waals surface area contributed by atoms with Crippen molar-refractivity contribution in [3.05, 3.63) is 64.0 Å². The molecule has 2 rings (SSSR count). The largest absolute Gasteiger partial charge is 0.462 e. The second kappa shape index (κ2) is 9.33.